The zero-order valence-corrected chi connectivity index (χ0v) is 20.0. The summed E-state index contributed by atoms with van der Waals surface area (Å²) in [5.74, 6) is -0.177. The maximum atomic E-state index is 12.8. The van der Waals surface area contributed by atoms with Crippen LogP contribution in [-0.4, -0.2) is 61.1 Å². The zero-order valence-electron chi connectivity index (χ0n) is 20.0. The number of pyridine rings is 1. The molecule has 3 heterocycles. The number of anilines is 2. The van der Waals surface area contributed by atoms with Gasteiger partial charge in [0.15, 0.2) is 6.23 Å². The number of amides is 2. The summed E-state index contributed by atoms with van der Waals surface area (Å²) >= 11 is 0. The summed E-state index contributed by atoms with van der Waals surface area (Å²) < 4.78 is 0. The average molecular weight is 501 g/mol. The first-order chi connectivity index (χ1) is 17.9. The molecule has 0 saturated heterocycles. The van der Waals surface area contributed by atoms with Crippen LogP contribution >= 0.6 is 0 Å². The van der Waals surface area contributed by atoms with Gasteiger partial charge in [-0.05, 0) is 17.5 Å². The highest BCUT2D eigenvalue weighted by molar-refractivity contribution is 6.04. The minimum absolute atomic E-state index is 0.0547. The molecule has 0 aliphatic rings. The van der Waals surface area contributed by atoms with E-state index in [0.717, 1.165) is 15.8 Å². The van der Waals surface area contributed by atoms with Crippen LogP contribution in [0.3, 0.4) is 0 Å². The fourth-order valence-corrected chi connectivity index (χ4v) is 3.82. The minimum Gasteiger partial charge on any atom is -0.369 e. The molecular formula is C25H24N8O4. The quantitative estimate of drug-likeness (QED) is 0.161. The number of benzene rings is 2. The first-order valence-electron chi connectivity index (χ1n) is 11.3. The minimum atomic E-state index is -1.17. The van der Waals surface area contributed by atoms with Crippen molar-refractivity contribution in [1.29, 1.82) is 0 Å². The first kappa shape index (κ1) is 23.9. The highest BCUT2D eigenvalue weighted by Crippen LogP contribution is 2.25. The highest BCUT2D eigenvalue weighted by atomic mass is 16.7. The van der Waals surface area contributed by atoms with Crippen LogP contribution in [0.2, 0.25) is 0 Å². The Morgan fingerprint density at radius 3 is 2.68 bits per heavy atom. The van der Waals surface area contributed by atoms with Crippen molar-refractivity contribution >= 4 is 45.5 Å². The van der Waals surface area contributed by atoms with E-state index in [4.69, 9.17) is 4.84 Å². The molecule has 0 saturated carbocycles. The van der Waals surface area contributed by atoms with Gasteiger partial charge in [-0.1, -0.05) is 36.4 Å². The molecule has 0 spiro atoms. The maximum Gasteiger partial charge on any atom is 0.276 e. The molecular weight excluding hydrogens is 476 g/mol. The Kier molecular flexibility index (Phi) is 6.49. The second-order valence-corrected chi connectivity index (χ2v) is 8.25. The SMILES string of the molecule is CON(C)C(=O)Cc1cnc(NC(O)c2cccc3[nH]c(NC(=O)c4cc5ccccc5cn4)nc23)[nH]1. The number of imidazole rings is 2. The molecule has 3 aromatic heterocycles. The lowest BCUT2D eigenvalue weighted by atomic mass is 10.1. The van der Waals surface area contributed by atoms with Crippen LogP contribution in [0, 0.1) is 0 Å². The molecule has 37 heavy (non-hydrogen) atoms. The van der Waals surface area contributed by atoms with Crippen LogP contribution in [0.25, 0.3) is 21.8 Å². The Morgan fingerprint density at radius 1 is 1.05 bits per heavy atom. The van der Waals surface area contributed by atoms with Crippen LogP contribution in [0.15, 0.2) is 60.9 Å². The van der Waals surface area contributed by atoms with Crippen LogP contribution in [0.5, 0.6) is 0 Å². The summed E-state index contributed by atoms with van der Waals surface area (Å²) in [6, 6.07) is 14.6. The number of aromatic nitrogens is 5. The first-order valence-corrected chi connectivity index (χ1v) is 11.3. The highest BCUT2D eigenvalue weighted by Gasteiger charge is 2.18. The molecule has 188 valence electrons. The number of H-pyrrole nitrogens is 2. The van der Waals surface area contributed by atoms with Crippen LogP contribution < -0.4 is 10.6 Å². The molecule has 0 bridgehead atoms. The summed E-state index contributed by atoms with van der Waals surface area (Å²) in [5, 5.41) is 19.4. The van der Waals surface area contributed by atoms with Gasteiger partial charge in [0.05, 0.1) is 30.8 Å². The van der Waals surface area contributed by atoms with E-state index in [9.17, 15) is 14.7 Å². The van der Waals surface area contributed by atoms with Crippen LogP contribution in [0.1, 0.15) is 28.0 Å². The Bertz CT molecular complexity index is 1590. The molecule has 0 aliphatic heterocycles. The fraction of sp³-hybridized carbons (Fsp3) is 0.160. The lowest BCUT2D eigenvalue weighted by Gasteiger charge is -2.13. The van der Waals surface area contributed by atoms with E-state index in [0.29, 0.717) is 22.3 Å². The van der Waals surface area contributed by atoms with Crippen molar-refractivity contribution in [2.45, 2.75) is 12.6 Å². The molecule has 5 rings (SSSR count). The van der Waals surface area contributed by atoms with E-state index in [2.05, 4.69) is 35.6 Å². The summed E-state index contributed by atoms with van der Waals surface area (Å²) in [7, 11) is 2.92. The van der Waals surface area contributed by atoms with E-state index >= 15 is 0 Å². The standard InChI is InChI=1S/C25H24N8O4/c1-33(37-2)20(34)11-16-13-27-24(28-16)31-22(35)17-8-5-9-18-21(17)30-25(29-18)32-23(36)19-10-14-6-3-4-7-15(14)12-26-19/h3-10,12-13,22,35H,11H2,1-2H3,(H2,27,28,31)(H2,29,30,32,36). The Morgan fingerprint density at radius 2 is 1.86 bits per heavy atom. The smallest absolute Gasteiger partial charge is 0.276 e. The number of hydrogen-bond donors (Lipinski definition) is 5. The molecule has 2 aromatic carbocycles. The summed E-state index contributed by atoms with van der Waals surface area (Å²) in [6.07, 6.45) is 2.03. The Balaban J connectivity index is 1.31. The normalized spacial score (nSPS) is 12.0. The molecule has 12 heteroatoms. The summed E-state index contributed by atoms with van der Waals surface area (Å²) in [6.45, 7) is 0. The number of hydroxylamine groups is 2. The van der Waals surface area contributed by atoms with Crippen molar-refractivity contribution in [3.05, 3.63) is 77.9 Å². The number of carbonyl (C=O) groups excluding carboxylic acids is 2. The molecule has 1 unspecified atom stereocenters. The van der Waals surface area contributed by atoms with Crippen molar-refractivity contribution in [3.63, 3.8) is 0 Å². The second-order valence-electron chi connectivity index (χ2n) is 8.25. The largest absolute Gasteiger partial charge is 0.369 e. The third kappa shape index (κ3) is 5.10. The van der Waals surface area contributed by atoms with Gasteiger partial charge in [-0.15, -0.1) is 0 Å². The summed E-state index contributed by atoms with van der Waals surface area (Å²) in [5.41, 5.74) is 2.35. The van der Waals surface area contributed by atoms with Crippen molar-refractivity contribution in [2.75, 3.05) is 24.8 Å². The van der Waals surface area contributed by atoms with Gasteiger partial charge in [-0.25, -0.2) is 15.0 Å². The Labute approximate surface area is 210 Å². The number of nitrogens with one attached hydrogen (secondary N) is 4. The molecule has 0 radical (unpaired) electrons. The number of nitrogens with zero attached hydrogens (tertiary/aromatic N) is 4. The van der Waals surface area contributed by atoms with Gasteiger partial charge in [0.1, 0.15) is 5.69 Å². The van der Waals surface area contributed by atoms with Gasteiger partial charge in [0.25, 0.3) is 11.8 Å². The van der Waals surface area contributed by atoms with E-state index in [-0.39, 0.29) is 29.9 Å². The number of para-hydroxylation sites is 1. The number of rotatable bonds is 8. The molecule has 5 N–H and O–H groups in total. The van der Waals surface area contributed by atoms with E-state index in [1.807, 2.05) is 24.3 Å². The van der Waals surface area contributed by atoms with Crippen LogP contribution in [0.4, 0.5) is 11.9 Å². The Hall–Kier alpha value is -4.81. The van der Waals surface area contributed by atoms with Gasteiger partial charge in [-0.2, -0.15) is 0 Å². The maximum absolute atomic E-state index is 12.8. The van der Waals surface area contributed by atoms with E-state index < -0.39 is 12.1 Å². The third-order valence-electron chi connectivity index (χ3n) is 5.80. The van der Waals surface area contributed by atoms with Gasteiger partial charge in [0.2, 0.25) is 11.9 Å². The van der Waals surface area contributed by atoms with Crippen molar-refractivity contribution in [1.82, 2.24) is 30.0 Å². The van der Waals surface area contributed by atoms with Crippen molar-refractivity contribution < 1.29 is 19.5 Å². The fourth-order valence-electron chi connectivity index (χ4n) is 3.82. The number of fused-ring (bicyclic) bond motifs is 2. The molecule has 0 fully saturated rings. The third-order valence-corrected chi connectivity index (χ3v) is 5.80. The lowest BCUT2D eigenvalue weighted by molar-refractivity contribution is -0.167. The molecule has 2 amide bonds. The topological polar surface area (TPSA) is 161 Å². The number of aromatic amines is 2. The second kappa shape index (κ2) is 10.0. The number of aliphatic hydroxyl groups is 1. The molecule has 5 aromatic rings. The number of hydrogen-bond acceptors (Lipinski definition) is 8. The summed E-state index contributed by atoms with van der Waals surface area (Å²) in [4.78, 5) is 48.6. The van der Waals surface area contributed by atoms with Gasteiger partial charge in [-0.3, -0.25) is 24.7 Å². The number of carbonyl (C=O) groups is 2. The predicted molar refractivity (Wildman–Crippen MR) is 136 cm³/mol. The average Bonchev–Trinajstić information content (AvgIpc) is 3.53. The van der Waals surface area contributed by atoms with Gasteiger partial charge >= 0.3 is 0 Å². The van der Waals surface area contributed by atoms with Gasteiger partial charge in [0, 0.05) is 29.9 Å². The van der Waals surface area contributed by atoms with Crippen molar-refractivity contribution in [3.8, 4) is 0 Å². The molecule has 12 nitrogen and oxygen atoms in total. The predicted octanol–water partition coefficient (Wildman–Crippen LogP) is 2.75. The van der Waals surface area contributed by atoms with E-state index in [1.165, 1.54) is 20.4 Å². The molecule has 0 aliphatic carbocycles. The molecule has 1 atom stereocenters. The number of aliphatic hydroxyl groups excluding tert-OH is 1. The zero-order chi connectivity index (χ0) is 25.9. The van der Waals surface area contributed by atoms with Crippen molar-refractivity contribution in [2.24, 2.45) is 0 Å². The van der Waals surface area contributed by atoms with E-state index in [1.54, 1.807) is 30.5 Å². The van der Waals surface area contributed by atoms with Gasteiger partial charge < -0.3 is 20.4 Å². The lowest BCUT2D eigenvalue weighted by Crippen LogP contribution is -2.27. The number of likely N-dealkylation sites (N-methyl/N-ethyl adjacent to an activating group) is 1. The monoisotopic (exact) mass is 500 g/mol. The van der Waals surface area contributed by atoms with Crippen LogP contribution in [-0.2, 0) is 16.1 Å².